The first kappa shape index (κ1) is 12.5. The van der Waals surface area contributed by atoms with Crippen LogP contribution in [-0.2, 0) is 17.9 Å². The number of phosphoric ester groups is 1. The van der Waals surface area contributed by atoms with Crippen molar-refractivity contribution in [3.8, 4) is 0 Å². The van der Waals surface area contributed by atoms with Gasteiger partial charge in [0.05, 0.1) is 0 Å². The van der Waals surface area contributed by atoms with Crippen LogP contribution in [0.1, 0.15) is 6.92 Å². The first-order valence-electron chi connectivity index (χ1n) is 3.26. The summed E-state index contributed by atoms with van der Waals surface area (Å²) in [5.41, 5.74) is 0. The molecule has 1 unspecified atom stereocenters. The summed E-state index contributed by atoms with van der Waals surface area (Å²) in [4.78, 5) is 18.2. The molecule has 2 N–H and O–H groups in total. The first-order chi connectivity index (χ1) is 5.39. The van der Waals surface area contributed by atoms with Crippen LogP contribution >= 0.6 is 15.8 Å². The van der Waals surface area contributed by atoms with E-state index in [2.05, 4.69) is 13.4 Å². The Labute approximate surface area is 71.7 Å². The molecule has 6 nitrogen and oxygen atoms in total. The first-order valence-corrected chi connectivity index (χ1v) is 6.72. The number of hydrogen-bond donors (Lipinski definition) is 2. The molecule has 0 aromatic heterocycles. The van der Waals surface area contributed by atoms with Crippen LogP contribution in [-0.4, -0.2) is 30.2 Å². The molecule has 0 rings (SSSR count). The second kappa shape index (κ2) is 4.63. The molecule has 0 saturated carbocycles. The Hall–Kier alpha value is 0.460. The fraction of sp³-hybridized carbons (Fsp3) is 1.00. The number of hydrogen-bond acceptors (Lipinski definition) is 5. The monoisotopic (exact) mass is 220 g/mol. The van der Waals surface area contributed by atoms with Gasteiger partial charge in [-0.2, -0.15) is 0 Å². The molecule has 0 aliphatic rings. The van der Waals surface area contributed by atoms with E-state index in [0.717, 1.165) is 7.11 Å². The SMILES string of the molecule is CC[PH](O)(OC)OP(=O)(O)OC. The van der Waals surface area contributed by atoms with Crippen molar-refractivity contribution in [2.75, 3.05) is 20.4 Å². The Bertz CT molecular complexity index is 178. The van der Waals surface area contributed by atoms with Gasteiger partial charge in [0.1, 0.15) is 0 Å². The van der Waals surface area contributed by atoms with Crippen molar-refractivity contribution in [2.24, 2.45) is 0 Å². The molecule has 0 spiro atoms. The number of rotatable bonds is 5. The summed E-state index contributed by atoms with van der Waals surface area (Å²) in [6.07, 6.45) is 0.150. The third kappa shape index (κ3) is 3.92. The van der Waals surface area contributed by atoms with Crippen molar-refractivity contribution < 1.29 is 27.7 Å². The van der Waals surface area contributed by atoms with E-state index >= 15 is 0 Å². The molecule has 0 saturated heterocycles. The van der Waals surface area contributed by atoms with Gasteiger partial charge >= 0.3 is 70.8 Å². The molecule has 8 heteroatoms. The molecule has 0 bridgehead atoms. The van der Waals surface area contributed by atoms with E-state index in [-0.39, 0.29) is 6.16 Å². The Balaban J connectivity index is 4.30. The molecular formula is C4H14O6P2. The van der Waals surface area contributed by atoms with Crippen molar-refractivity contribution in [3.63, 3.8) is 0 Å². The molecule has 0 amide bonds. The molecule has 0 heterocycles. The van der Waals surface area contributed by atoms with Crippen LogP contribution in [0.4, 0.5) is 0 Å². The Kier molecular flexibility index (Phi) is 4.81. The Morgan fingerprint density at radius 3 is 2.25 bits per heavy atom. The van der Waals surface area contributed by atoms with E-state index in [1.165, 1.54) is 7.11 Å². The third-order valence-electron chi connectivity index (χ3n) is 1.25. The summed E-state index contributed by atoms with van der Waals surface area (Å²) < 4.78 is 24.0. The van der Waals surface area contributed by atoms with Crippen molar-refractivity contribution in [1.29, 1.82) is 0 Å². The van der Waals surface area contributed by atoms with E-state index in [1.54, 1.807) is 6.92 Å². The van der Waals surface area contributed by atoms with E-state index in [9.17, 15) is 9.46 Å². The quantitative estimate of drug-likeness (QED) is 0.669. The van der Waals surface area contributed by atoms with Gasteiger partial charge in [0.2, 0.25) is 0 Å². The van der Waals surface area contributed by atoms with Crippen molar-refractivity contribution in [1.82, 2.24) is 0 Å². The van der Waals surface area contributed by atoms with Crippen LogP contribution in [0.15, 0.2) is 0 Å². The molecule has 0 aromatic rings. The van der Waals surface area contributed by atoms with Crippen LogP contribution in [0.25, 0.3) is 0 Å². The second-order valence-corrected chi connectivity index (χ2v) is 6.59. The molecule has 0 fully saturated rings. The van der Waals surface area contributed by atoms with Crippen LogP contribution in [0, 0.1) is 0 Å². The second-order valence-electron chi connectivity index (χ2n) is 2.01. The fourth-order valence-corrected chi connectivity index (χ4v) is 3.31. The molecule has 76 valence electrons. The molecule has 1 atom stereocenters. The van der Waals surface area contributed by atoms with Crippen LogP contribution in [0.3, 0.4) is 0 Å². The van der Waals surface area contributed by atoms with Crippen LogP contribution < -0.4 is 0 Å². The average Bonchev–Trinajstić information content (AvgIpc) is 2.04. The predicted molar refractivity (Wildman–Crippen MR) is 46.0 cm³/mol. The minimum absolute atomic E-state index is 0.150. The maximum atomic E-state index is 10.8. The molecule has 0 aliphatic carbocycles. The standard InChI is InChI=1S/C4H14O6P2/c1-4-11(5,8-2)10-12(6,7)9-3/h5,11H,4H2,1-3H3,(H,6,7). The van der Waals surface area contributed by atoms with E-state index in [4.69, 9.17) is 4.89 Å². The van der Waals surface area contributed by atoms with Crippen LogP contribution in [0.2, 0.25) is 0 Å². The maximum absolute atomic E-state index is 10.8. The molecule has 12 heavy (non-hydrogen) atoms. The fourth-order valence-electron chi connectivity index (χ4n) is 0.464. The zero-order valence-corrected chi connectivity index (χ0v) is 9.08. The van der Waals surface area contributed by atoms with Gasteiger partial charge in [0.25, 0.3) is 0 Å². The van der Waals surface area contributed by atoms with Gasteiger partial charge < -0.3 is 0 Å². The van der Waals surface area contributed by atoms with Gasteiger partial charge in [-0.1, -0.05) is 0 Å². The zero-order valence-electron chi connectivity index (χ0n) is 7.18. The van der Waals surface area contributed by atoms with Gasteiger partial charge in [0.15, 0.2) is 0 Å². The molecular weight excluding hydrogens is 206 g/mol. The van der Waals surface area contributed by atoms with Gasteiger partial charge in [-0.05, 0) is 0 Å². The van der Waals surface area contributed by atoms with Crippen molar-refractivity contribution >= 4 is 15.8 Å². The predicted octanol–water partition coefficient (Wildman–Crippen LogP) is 0.903. The molecule has 0 aromatic carbocycles. The summed E-state index contributed by atoms with van der Waals surface area (Å²) in [6, 6.07) is 0. The zero-order chi connectivity index (χ0) is 9.83. The minimum atomic E-state index is -4.14. The summed E-state index contributed by atoms with van der Waals surface area (Å²) in [6.45, 7) is 1.59. The van der Waals surface area contributed by atoms with Crippen LogP contribution in [0.5, 0.6) is 0 Å². The summed E-state index contributed by atoms with van der Waals surface area (Å²) in [7, 11) is -5.40. The van der Waals surface area contributed by atoms with E-state index in [0.29, 0.717) is 0 Å². The summed E-state index contributed by atoms with van der Waals surface area (Å²) >= 11 is 0. The molecule has 0 radical (unpaired) electrons. The average molecular weight is 220 g/mol. The summed E-state index contributed by atoms with van der Waals surface area (Å²) in [5.74, 6) is 0. The third-order valence-corrected chi connectivity index (χ3v) is 5.31. The number of phosphoric acid groups is 1. The van der Waals surface area contributed by atoms with E-state index < -0.39 is 15.8 Å². The van der Waals surface area contributed by atoms with Gasteiger partial charge in [0, 0.05) is 0 Å². The Morgan fingerprint density at radius 2 is 2.00 bits per heavy atom. The summed E-state index contributed by atoms with van der Waals surface area (Å²) in [5, 5.41) is 0. The van der Waals surface area contributed by atoms with Crippen molar-refractivity contribution in [3.05, 3.63) is 0 Å². The Morgan fingerprint density at radius 1 is 1.50 bits per heavy atom. The van der Waals surface area contributed by atoms with Gasteiger partial charge in [-0.3, -0.25) is 0 Å². The van der Waals surface area contributed by atoms with Crippen molar-refractivity contribution in [2.45, 2.75) is 6.92 Å². The van der Waals surface area contributed by atoms with E-state index in [1.807, 2.05) is 0 Å². The van der Waals surface area contributed by atoms with Gasteiger partial charge in [-0.25, -0.2) is 0 Å². The normalized spacial score (nSPS) is 18.8. The molecule has 0 aliphatic heterocycles. The van der Waals surface area contributed by atoms with Gasteiger partial charge in [-0.15, -0.1) is 0 Å². The topological polar surface area (TPSA) is 85.2 Å².